The molecule has 0 fully saturated rings. The average molecular weight is 321 g/mol. The van der Waals surface area contributed by atoms with Crippen LogP contribution < -0.4 is 10.1 Å². The Labute approximate surface area is 119 Å². The zero-order valence-electron chi connectivity index (χ0n) is 10.6. The molecule has 0 aliphatic heterocycles. The zero-order chi connectivity index (χ0) is 13.8. The van der Waals surface area contributed by atoms with E-state index in [1.54, 1.807) is 18.3 Å². The van der Waals surface area contributed by atoms with Gasteiger partial charge in [0.05, 0.1) is 7.11 Å². The smallest absolute Gasteiger partial charge is 0.261 e. The molecule has 0 radical (unpaired) electrons. The van der Waals surface area contributed by atoms with E-state index >= 15 is 0 Å². The molecule has 19 heavy (non-hydrogen) atoms. The number of amides is 1. The Balaban J connectivity index is 2.25. The van der Waals surface area contributed by atoms with Crippen LogP contribution in [-0.2, 0) is 0 Å². The van der Waals surface area contributed by atoms with Gasteiger partial charge >= 0.3 is 0 Å². The molecule has 98 valence electrons. The second-order valence-corrected chi connectivity index (χ2v) is 4.95. The topological polar surface area (TPSA) is 51.2 Å². The Hall–Kier alpha value is -1.88. The quantitative estimate of drug-likeness (QED) is 0.942. The SMILES string of the molecule is COc1ncccc1C(=O)Nc1cc(C)cc(Br)c1. The van der Waals surface area contributed by atoms with Crippen LogP contribution in [0.3, 0.4) is 0 Å². The van der Waals surface area contributed by atoms with Gasteiger partial charge in [-0.05, 0) is 42.8 Å². The van der Waals surface area contributed by atoms with Crippen molar-refractivity contribution in [1.82, 2.24) is 4.98 Å². The number of hydrogen-bond donors (Lipinski definition) is 1. The number of rotatable bonds is 3. The highest BCUT2D eigenvalue weighted by atomic mass is 79.9. The Kier molecular flexibility index (Phi) is 4.16. The number of nitrogens with one attached hydrogen (secondary N) is 1. The highest BCUT2D eigenvalue weighted by molar-refractivity contribution is 9.10. The van der Waals surface area contributed by atoms with Gasteiger partial charge in [-0.3, -0.25) is 4.79 Å². The second-order valence-electron chi connectivity index (χ2n) is 4.03. The van der Waals surface area contributed by atoms with Crippen molar-refractivity contribution >= 4 is 27.5 Å². The van der Waals surface area contributed by atoms with Crippen molar-refractivity contribution in [2.75, 3.05) is 12.4 Å². The largest absolute Gasteiger partial charge is 0.480 e. The van der Waals surface area contributed by atoms with Crippen molar-refractivity contribution in [1.29, 1.82) is 0 Å². The number of aryl methyl sites for hydroxylation is 1. The fourth-order valence-corrected chi connectivity index (χ4v) is 2.34. The van der Waals surface area contributed by atoms with E-state index in [4.69, 9.17) is 4.74 Å². The maximum atomic E-state index is 12.2. The maximum absolute atomic E-state index is 12.2. The normalized spacial score (nSPS) is 10.1. The minimum atomic E-state index is -0.248. The molecule has 2 aromatic rings. The number of methoxy groups -OCH3 is 1. The first-order valence-electron chi connectivity index (χ1n) is 5.67. The summed E-state index contributed by atoms with van der Waals surface area (Å²) in [6.07, 6.45) is 1.58. The van der Waals surface area contributed by atoms with Crippen molar-refractivity contribution in [3.63, 3.8) is 0 Å². The van der Waals surface area contributed by atoms with Gasteiger partial charge in [-0.2, -0.15) is 0 Å². The molecule has 1 N–H and O–H groups in total. The van der Waals surface area contributed by atoms with E-state index < -0.39 is 0 Å². The monoisotopic (exact) mass is 320 g/mol. The first kappa shape index (κ1) is 13.5. The van der Waals surface area contributed by atoms with Gasteiger partial charge in [-0.1, -0.05) is 15.9 Å². The van der Waals surface area contributed by atoms with Crippen LogP contribution in [0.25, 0.3) is 0 Å². The summed E-state index contributed by atoms with van der Waals surface area (Å²) in [5.41, 5.74) is 2.19. The first-order valence-corrected chi connectivity index (χ1v) is 6.47. The number of carbonyl (C=O) groups is 1. The Bertz CT molecular complexity index is 594. The third-order valence-corrected chi connectivity index (χ3v) is 2.97. The molecule has 0 saturated heterocycles. The fraction of sp³-hybridized carbons (Fsp3) is 0.143. The Morgan fingerprint density at radius 1 is 1.37 bits per heavy atom. The fourth-order valence-electron chi connectivity index (χ4n) is 1.73. The predicted molar refractivity (Wildman–Crippen MR) is 77.6 cm³/mol. The minimum absolute atomic E-state index is 0.248. The molecule has 1 aromatic carbocycles. The lowest BCUT2D eigenvalue weighted by Gasteiger charge is -2.09. The van der Waals surface area contributed by atoms with Crippen LogP contribution in [0.5, 0.6) is 5.88 Å². The lowest BCUT2D eigenvalue weighted by atomic mass is 10.2. The van der Waals surface area contributed by atoms with Gasteiger partial charge in [0.1, 0.15) is 5.56 Å². The molecule has 0 atom stereocenters. The van der Waals surface area contributed by atoms with Crippen molar-refractivity contribution in [3.8, 4) is 5.88 Å². The number of halogens is 1. The molecule has 0 aliphatic rings. The zero-order valence-corrected chi connectivity index (χ0v) is 12.2. The summed E-state index contributed by atoms with van der Waals surface area (Å²) in [4.78, 5) is 16.2. The third-order valence-electron chi connectivity index (χ3n) is 2.51. The first-order chi connectivity index (χ1) is 9.10. The molecule has 0 aliphatic carbocycles. The van der Waals surface area contributed by atoms with Gasteiger partial charge in [0, 0.05) is 16.4 Å². The van der Waals surface area contributed by atoms with Crippen molar-refractivity contribution in [2.45, 2.75) is 6.92 Å². The summed E-state index contributed by atoms with van der Waals surface area (Å²) in [6.45, 7) is 1.96. The van der Waals surface area contributed by atoms with Crippen LogP contribution in [0.2, 0.25) is 0 Å². The minimum Gasteiger partial charge on any atom is -0.480 e. The lowest BCUT2D eigenvalue weighted by Crippen LogP contribution is -2.13. The highest BCUT2D eigenvalue weighted by Crippen LogP contribution is 2.21. The van der Waals surface area contributed by atoms with Gasteiger partial charge in [-0.25, -0.2) is 4.98 Å². The maximum Gasteiger partial charge on any atom is 0.261 e. The molecule has 0 saturated carbocycles. The highest BCUT2D eigenvalue weighted by Gasteiger charge is 2.13. The molecule has 4 nitrogen and oxygen atoms in total. The standard InChI is InChI=1S/C14H13BrN2O2/c1-9-6-10(15)8-11(7-9)17-13(18)12-4-3-5-16-14(12)19-2/h3-8H,1-2H3,(H,17,18). The van der Waals surface area contributed by atoms with E-state index in [2.05, 4.69) is 26.2 Å². The van der Waals surface area contributed by atoms with Crippen molar-refractivity contribution in [2.24, 2.45) is 0 Å². The van der Waals surface area contributed by atoms with E-state index in [1.807, 2.05) is 25.1 Å². The van der Waals surface area contributed by atoms with Crippen LogP contribution in [-0.4, -0.2) is 18.0 Å². The molecule has 0 spiro atoms. The summed E-state index contributed by atoms with van der Waals surface area (Å²) in [5.74, 6) is 0.0640. The molecule has 0 bridgehead atoms. The lowest BCUT2D eigenvalue weighted by molar-refractivity contribution is 0.102. The van der Waals surface area contributed by atoms with Gasteiger partial charge in [0.25, 0.3) is 5.91 Å². The molecule has 1 aromatic heterocycles. The predicted octanol–water partition coefficient (Wildman–Crippen LogP) is 3.41. The van der Waals surface area contributed by atoms with Crippen LogP contribution in [0.15, 0.2) is 41.0 Å². The number of anilines is 1. The van der Waals surface area contributed by atoms with Crippen molar-refractivity contribution in [3.05, 3.63) is 52.1 Å². The molecular weight excluding hydrogens is 308 g/mol. The average Bonchev–Trinajstić information content (AvgIpc) is 2.37. The Morgan fingerprint density at radius 2 is 2.16 bits per heavy atom. The molecular formula is C14H13BrN2O2. The van der Waals surface area contributed by atoms with Gasteiger partial charge in [0.2, 0.25) is 5.88 Å². The number of carbonyl (C=O) groups excluding carboxylic acids is 1. The van der Waals surface area contributed by atoms with E-state index in [0.29, 0.717) is 11.4 Å². The summed E-state index contributed by atoms with van der Waals surface area (Å²) in [6, 6.07) is 9.08. The number of nitrogens with zero attached hydrogens (tertiary/aromatic N) is 1. The number of benzene rings is 1. The number of pyridine rings is 1. The number of ether oxygens (including phenoxy) is 1. The van der Waals surface area contributed by atoms with E-state index in [9.17, 15) is 4.79 Å². The molecule has 0 unspecified atom stereocenters. The summed E-state index contributed by atoms with van der Waals surface area (Å²) >= 11 is 3.40. The number of aromatic nitrogens is 1. The molecule has 2 rings (SSSR count). The molecule has 1 heterocycles. The molecule has 5 heteroatoms. The van der Waals surface area contributed by atoms with Gasteiger partial charge in [-0.15, -0.1) is 0 Å². The summed E-state index contributed by atoms with van der Waals surface area (Å²) in [5, 5.41) is 2.83. The molecule has 1 amide bonds. The van der Waals surface area contributed by atoms with Crippen LogP contribution in [0.1, 0.15) is 15.9 Å². The Morgan fingerprint density at radius 3 is 2.84 bits per heavy atom. The van der Waals surface area contributed by atoms with Crippen LogP contribution in [0, 0.1) is 6.92 Å². The number of hydrogen-bond acceptors (Lipinski definition) is 3. The van der Waals surface area contributed by atoms with Crippen molar-refractivity contribution < 1.29 is 9.53 Å². The van der Waals surface area contributed by atoms with E-state index in [-0.39, 0.29) is 5.91 Å². The van der Waals surface area contributed by atoms with Crippen LogP contribution >= 0.6 is 15.9 Å². The van der Waals surface area contributed by atoms with E-state index in [0.717, 1.165) is 15.7 Å². The third kappa shape index (κ3) is 3.32. The van der Waals surface area contributed by atoms with Gasteiger partial charge < -0.3 is 10.1 Å². The van der Waals surface area contributed by atoms with E-state index in [1.165, 1.54) is 7.11 Å². The van der Waals surface area contributed by atoms with Gasteiger partial charge in [0.15, 0.2) is 0 Å². The second kappa shape index (κ2) is 5.84. The van der Waals surface area contributed by atoms with Crippen LogP contribution in [0.4, 0.5) is 5.69 Å². The summed E-state index contributed by atoms with van der Waals surface area (Å²) < 4.78 is 5.99. The summed E-state index contributed by atoms with van der Waals surface area (Å²) in [7, 11) is 1.49.